The van der Waals surface area contributed by atoms with E-state index in [4.69, 9.17) is 4.74 Å². The lowest BCUT2D eigenvalue weighted by molar-refractivity contribution is 0.305. The minimum Gasteiger partial charge on any atom is -0.492 e. The van der Waals surface area contributed by atoms with Crippen LogP contribution in [0.2, 0.25) is 0 Å². The summed E-state index contributed by atoms with van der Waals surface area (Å²) in [5.41, 5.74) is 2.22. The zero-order valence-corrected chi connectivity index (χ0v) is 13.9. The van der Waals surface area contributed by atoms with E-state index in [0.29, 0.717) is 12.6 Å². The van der Waals surface area contributed by atoms with Gasteiger partial charge in [0.2, 0.25) is 0 Å². The van der Waals surface area contributed by atoms with Gasteiger partial charge in [0.25, 0.3) is 0 Å². The van der Waals surface area contributed by atoms with Crippen molar-refractivity contribution in [2.24, 2.45) is 0 Å². The molecule has 1 unspecified atom stereocenters. The molecule has 0 aliphatic heterocycles. The second-order valence-corrected chi connectivity index (χ2v) is 6.17. The summed E-state index contributed by atoms with van der Waals surface area (Å²) < 4.78 is 5.75. The minimum absolute atomic E-state index is 0.564. The van der Waals surface area contributed by atoms with Crippen LogP contribution in [0, 0.1) is 6.92 Å². The maximum Gasteiger partial charge on any atom is 0.123 e. The molecule has 2 rings (SSSR count). The van der Waals surface area contributed by atoms with E-state index in [2.05, 4.69) is 41.7 Å². The van der Waals surface area contributed by atoms with Crippen LogP contribution in [0.4, 0.5) is 0 Å². The van der Waals surface area contributed by atoms with Gasteiger partial charge < -0.3 is 10.1 Å². The number of thiazole rings is 1. The standard InChI is InChI=1S/C17H24N2OS/c1-4-5-13(2)18-10-11-20-16-8-6-15(7-9-16)17-19-14(3)12-21-17/h6-9,12-13,18H,4-5,10-11H2,1-3H3. The third-order valence-corrected chi connectivity index (χ3v) is 4.31. The number of ether oxygens (including phenoxy) is 1. The fraction of sp³-hybridized carbons (Fsp3) is 0.471. The second kappa shape index (κ2) is 8.15. The predicted octanol–water partition coefficient (Wildman–Crippen LogP) is 4.28. The van der Waals surface area contributed by atoms with Crippen molar-refractivity contribution in [1.82, 2.24) is 10.3 Å². The van der Waals surface area contributed by atoms with Gasteiger partial charge in [-0.05, 0) is 44.5 Å². The van der Waals surface area contributed by atoms with Crippen molar-refractivity contribution in [2.75, 3.05) is 13.2 Å². The zero-order chi connectivity index (χ0) is 15.1. The topological polar surface area (TPSA) is 34.1 Å². The smallest absolute Gasteiger partial charge is 0.123 e. The Labute approximate surface area is 131 Å². The Morgan fingerprint density at radius 3 is 2.67 bits per heavy atom. The average molecular weight is 304 g/mol. The lowest BCUT2D eigenvalue weighted by Crippen LogP contribution is -2.29. The monoisotopic (exact) mass is 304 g/mol. The summed E-state index contributed by atoms with van der Waals surface area (Å²) in [5, 5.41) is 6.60. The molecule has 0 bridgehead atoms. The van der Waals surface area contributed by atoms with E-state index in [1.807, 2.05) is 19.1 Å². The summed E-state index contributed by atoms with van der Waals surface area (Å²) in [7, 11) is 0. The van der Waals surface area contributed by atoms with E-state index >= 15 is 0 Å². The molecule has 0 saturated heterocycles. The second-order valence-electron chi connectivity index (χ2n) is 5.31. The number of hydrogen-bond donors (Lipinski definition) is 1. The molecule has 0 radical (unpaired) electrons. The van der Waals surface area contributed by atoms with Crippen LogP contribution in [-0.2, 0) is 0 Å². The molecule has 0 fully saturated rings. The highest BCUT2D eigenvalue weighted by atomic mass is 32.1. The van der Waals surface area contributed by atoms with Gasteiger partial charge in [0.1, 0.15) is 17.4 Å². The summed E-state index contributed by atoms with van der Waals surface area (Å²) in [5.74, 6) is 0.914. The van der Waals surface area contributed by atoms with Crippen molar-refractivity contribution in [1.29, 1.82) is 0 Å². The molecule has 4 heteroatoms. The van der Waals surface area contributed by atoms with Gasteiger partial charge in [-0.2, -0.15) is 0 Å². The molecule has 114 valence electrons. The van der Waals surface area contributed by atoms with Crippen molar-refractivity contribution in [2.45, 2.75) is 39.7 Å². The number of aromatic nitrogens is 1. The van der Waals surface area contributed by atoms with Gasteiger partial charge in [0.15, 0.2) is 0 Å². The Morgan fingerprint density at radius 1 is 1.29 bits per heavy atom. The molecule has 3 nitrogen and oxygen atoms in total. The van der Waals surface area contributed by atoms with Crippen LogP contribution < -0.4 is 10.1 Å². The van der Waals surface area contributed by atoms with Crippen LogP contribution in [0.15, 0.2) is 29.6 Å². The Balaban J connectivity index is 1.78. The van der Waals surface area contributed by atoms with E-state index in [0.717, 1.165) is 28.6 Å². The molecule has 0 saturated carbocycles. The van der Waals surface area contributed by atoms with Gasteiger partial charge in [-0.15, -0.1) is 11.3 Å². The first-order valence-corrected chi connectivity index (χ1v) is 8.45. The lowest BCUT2D eigenvalue weighted by atomic mass is 10.2. The average Bonchev–Trinajstić information content (AvgIpc) is 2.91. The van der Waals surface area contributed by atoms with E-state index in [1.165, 1.54) is 12.8 Å². The van der Waals surface area contributed by atoms with Gasteiger partial charge in [-0.25, -0.2) is 4.98 Å². The third kappa shape index (κ3) is 5.14. The molecule has 2 aromatic rings. The Kier molecular flexibility index (Phi) is 6.21. The van der Waals surface area contributed by atoms with Crippen molar-refractivity contribution in [3.63, 3.8) is 0 Å². The highest BCUT2D eigenvalue weighted by Crippen LogP contribution is 2.25. The van der Waals surface area contributed by atoms with Crippen LogP contribution in [0.5, 0.6) is 5.75 Å². The van der Waals surface area contributed by atoms with Crippen LogP contribution in [0.3, 0.4) is 0 Å². The molecular weight excluding hydrogens is 280 g/mol. The van der Waals surface area contributed by atoms with Gasteiger partial charge in [0.05, 0.1) is 0 Å². The normalized spacial score (nSPS) is 12.3. The molecule has 21 heavy (non-hydrogen) atoms. The molecule has 1 heterocycles. The van der Waals surface area contributed by atoms with Crippen LogP contribution in [-0.4, -0.2) is 24.2 Å². The molecule has 1 atom stereocenters. The SMILES string of the molecule is CCCC(C)NCCOc1ccc(-c2nc(C)cs2)cc1. The first kappa shape index (κ1) is 16.0. The Hall–Kier alpha value is -1.39. The number of rotatable bonds is 8. The summed E-state index contributed by atoms with van der Waals surface area (Å²) in [6.45, 7) is 8.02. The van der Waals surface area contributed by atoms with E-state index in [1.54, 1.807) is 11.3 Å². The third-order valence-electron chi connectivity index (χ3n) is 3.31. The lowest BCUT2D eigenvalue weighted by Gasteiger charge is -2.13. The largest absolute Gasteiger partial charge is 0.492 e. The highest BCUT2D eigenvalue weighted by molar-refractivity contribution is 7.13. The van der Waals surface area contributed by atoms with Crippen LogP contribution >= 0.6 is 11.3 Å². The molecule has 0 aliphatic rings. The quantitative estimate of drug-likeness (QED) is 0.739. The molecular formula is C17H24N2OS. The number of hydrogen-bond acceptors (Lipinski definition) is 4. The summed E-state index contributed by atoms with van der Waals surface area (Å²) >= 11 is 1.68. The zero-order valence-electron chi connectivity index (χ0n) is 13.1. The van der Waals surface area contributed by atoms with Crippen molar-refractivity contribution in [3.05, 3.63) is 35.3 Å². The molecule has 0 aliphatic carbocycles. The van der Waals surface area contributed by atoms with Crippen molar-refractivity contribution < 1.29 is 4.74 Å². The predicted molar refractivity (Wildman–Crippen MR) is 90.2 cm³/mol. The minimum atomic E-state index is 0.564. The van der Waals surface area contributed by atoms with E-state index < -0.39 is 0 Å². The van der Waals surface area contributed by atoms with Crippen molar-refractivity contribution >= 4 is 11.3 Å². The molecule has 0 amide bonds. The summed E-state index contributed by atoms with van der Waals surface area (Å²) in [6, 6.07) is 8.74. The van der Waals surface area contributed by atoms with Crippen LogP contribution in [0.25, 0.3) is 10.6 Å². The van der Waals surface area contributed by atoms with Gasteiger partial charge in [-0.3, -0.25) is 0 Å². The maximum absolute atomic E-state index is 5.75. The molecule has 1 aromatic carbocycles. The van der Waals surface area contributed by atoms with Gasteiger partial charge >= 0.3 is 0 Å². The number of nitrogens with zero attached hydrogens (tertiary/aromatic N) is 1. The first-order chi connectivity index (χ1) is 10.2. The fourth-order valence-corrected chi connectivity index (χ4v) is 2.99. The fourth-order valence-electron chi connectivity index (χ4n) is 2.19. The van der Waals surface area contributed by atoms with E-state index in [-0.39, 0.29) is 0 Å². The Bertz CT molecular complexity index is 536. The molecule has 1 N–H and O–H groups in total. The summed E-state index contributed by atoms with van der Waals surface area (Å²) in [4.78, 5) is 4.49. The molecule has 1 aromatic heterocycles. The molecule has 0 spiro atoms. The van der Waals surface area contributed by atoms with E-state index in [9.17, 15) is 0 Å². The van der Waals surface area contributed by atoms with Crippen molar-refractivity contribution in [3.8, 4) is 16.3 Å². The Morgan fingerprint density at radius 2 is 2.05 bits per heavy atom. The number of benzene rings is 1. The maximum atomic E-state index is 5.75. The van der Waals surface area contributed by atoms with Gasteiger partial charge in [0, 0.05) is 29.2 Å². The number of nitrogens with one attached hydrogen (secondary N) is 1. The highest BCUT2D eigenvalue weighted by Gasteiger charge is 2.03. The van der Waals surface area contributed by atoms with Crippen LogP contribution in [0.1, 0.15) is 32.4 Å². The summed E-state index contributed by atoms with van der Waals surface area (Å²) in [6.07, 6.45) is 2.43. The first-order valence-electron chi connectivity index (χ1n) is 7.57. The van der Waals surface area contributed by atoms with Gasteiger partial charge in [-0.1, -0.05) is 13.3 Å². The number of aryl methyl sites for hydroxylation is 1.